The van der Waals surface area contributed by atoms with Gasteiger partial charge in [0.25, 0.3) is 15.8 Å². The molecule has 1 fully saturated rings. The van der Waals surface area contributed by atoms with Crippen LogP contribution >= 0.6 is 0 Å². The number of benzene rings is 1. The van der Waals surface area contributed by atoms with Gasteiger partial charge in [0.2, 0.25) is 0 Å². The van der Waals surface area contributed by atoms with Crippen molar-refractivity contribution in [1.29, 1.82) is 0 Å². The van der Waals surface area contributed by atoms with Crippen molar-refractivity contribution in [1.82, 2.24) is 14.6 Å². The number of imidazole rings is 1. The number of nitro groups is 1. The zero-order valence-electron chi connectivity index (χ0n) is 17.4. The highest BCUT2D eigenvalue weighted by molar-refractivity contribution is 7.86. The number of hydrogen-bond donors (Lipinski definition) is 0. The van der Waals surface area contributed by atoms with Crippen LogP contribution < -0.4 is 5.01 Å². The minimum Gasteiger partial charge on any atom is -0.445 e. The number of carbonyl (C=O) groups is 1. The van der Waals surface area contributed by atoms with E-state index in [1.54, 1.807) is 6.20 Å². The van der Waals surface area contributed by atoms with Crippen molar-refractivity contribution in [3.8, 4) is 0 Å². The summed E-state index contributed by atoms with van der Waals surface area (Å²) in [6.45, 7) is 1.23. The highest BCUT2D eigenvalue weighted by atomic mass is 32.2. The Morgan fingerprint density at radius 2 is 2.06 bits per heavy atom. The van der Waals surface area contributed by atoms with Crippen molar-refractivity contribution in [2.75, 3.05) is 30.9 Å². The molecule has 2 aliphatic heterocycles. The van der Waals surface area contributed by atoms with Crippen molar-refractivity contribution in [3.05, 3.63) is 58.2 Å². The number of fused-ring (bicyclic) bond motifs is 1. The summed E-state index contributed by atoms with van der Waals surface area (Å²) < 4.78 is 35.7. The lowest BCUT2D eigenvalue weighted by Crippen LogP contribution is -2.46. The third kappa shape index (κ3) is 4.99. The van der Waals surface area contributed by atoms with Gasteiger partial charge in [-0.1, -0.05) is 0 Å². The summed E-state index contributed by atoms with van der Waals surface area (Å²) in [5.74, 6) is 0.930. The number of carbonyl (C=O) groups excluding carboxylic acids is 1. The molecular formula is C19H23N5O7S. The Bertz CT molecular complexity index is 1100. The summed E-state index contributed by atoms with van der Waals surface area (Å²) in [6.07, 6.45) is 4.41. The average Bonchev–Trinajstić information content (AvgIpc) is 3.43. The molecule has 4 rings (SSSR count). The van der Waals surface area contributed by atoms with Gasteiger partial charge >= 0.3 is 6.09 Å². The molecule has 1 saturated heterocycles. The predicted molar refractivity (Wildman–Crippen MR) is 112 cm³/mol. The lowest BCUT2D eigenvalue weighted by molar-refractivity contribution is -0.384. The van der Waals surface area contributed by atoms with Crippen LogP contribution in [0.1, 0.15) is 17.8 Å². The predicted octanol–water partition coefficient (Wildman–Crippen LogP) is 1.04. The Morgan fingerprint density at radius 3 is 2.75 bits per heavy atom. The fourth-order valence-electron chi connectivity index (χ4n) is 4.05. The van der Waals surface area contributed by atoms with Crippen molar-refractivity contribution < 1.29 is 27.1 Å². The lowest BCUT2D eigenvalue weighted by Gasteiger charge is -2.29. The molecule has 0 unspecified atom stereocenters. The van der Waals surface area contributed by atoms with Gasteiger partial charge in [-0.15, -0.1) is 0 Å². The number of hydrogen-bond acceptors (Lipinski definition) is 9. The van der Waals surface area contributed by atoms with Gasteiger partial charge in [-0.2, -0.15) is 8.42 Å². The first kappa shape index (κ1) is 22.0. The maximum Gasteiger partial charge on any atom is 0.410 e. The number of nitrogens with zero attached hydrogens (tertiary/aromatic N) is 5. The largest absolute Gasteiger partial charge is 0.445 e. The van der Waals surface area contributed by atoms with Crippen LogP contribution in [0.3, 0.4) is 0 Å². The number of amides is 1. The SMILES string of the molecule is CS(=O)(=O)O[C@@H]1C[C@@H](CN2CCc3nccn32)N(C(=O)OCc2ccc([N+](=O)[O-])cc2)C1. The fraction of sp³-hybridized carbons (Fsp3) is 0.474. The Balaban J connectivity index is 1.43. The van der Waals surface area contributed by atoms with E-state index in [0.29, 0.717) is 18.5 Å². The molecule has 0 spiro atoms. The van der Waals surface area contributed by atoms with Crippen LogP contribution in [-0.4, -0.2) is 72.0 Å². The van der Waals surface area contributed by atoms with E-state index < -0.39 is 27.2 Å². The Kier molecular flexibility index (Phi) is 6.02. The summed E-state index contributed by atoms with van der Waals surface area (Å²) in [5, 5.41) is 12.8. The minimum atomic E-state index is -3.68. The first-order chi connectivity index (χ1) is 15.2. The van der Waals surface area contributed by atoms with Gasteiger partial charge in [-0.3, -0.25) is 14.3 Å². The number of non-ortho nitro benzene ring substituents is 1. The smallest absolute Gasteiger partial charge is 0.410 e. The highest BCUT2D eigenvalue weighted by Crippen LogP contribution is 2.25. The Morgan fingerprint density at radius 1 is 1.31 bits per heavy atom. The van der Waals surface area contributed by atoms with Gasteiger partial charge in [0, 0.05) is 37.5 Å². The molecule has 172 valence electrons. The van der Waals surface area contributed by atoms with Gasteiger partial charge in [-0.05, 0) is 24.1 Å². The van der Waals surface area contributed by atoms with Gasteiger partial charge in [-0.25, -0.2) is 14.5 Å². The molecule has 2 aromatic rings. The average molecular weight is 465 g/mol. The number of likely N-dealkylation sites (tertiary alicyclic amines) is 1. The summed E-state index contributed by atoms with van der Waals surface area (Å²) in [7, 11) is -3.68. The molecule has 0 radical (unpaired) electrons. The standard InChI is InChI=1S/C19H23N5O7S/c1-32(28,29)31-17-10-16(11-21-8-6-18-20-7-9-23(18)21)22(12-17)19(25)30-13-14-2-4-15(5-3-14)24(26)27/h2-5,7,9,16-17H,6,8,10-13H2,1H3/t16-,17+/m0/s1. The minimum absolute atomic E-state index is 0.0510. The third-order valence-electron chi connectivity index (χ3n) is 5.45. The molecule has 13 heteroatoms. The van der Waals surface area contributed by atoms with Crippen molar-refractivity contribution in [3.63, 3.8) is 0 Å². The molecule has 2 aliphatic rings. The van der Waals surface area contributed by atoms with E-state index in [1.807, 2.05) is 15.9 Å². The topological polar surface area (TPSA) is 137 Å². The first-order valence-electron chi connectivity index (χ1n) is 10.0. The maximum atomic E-state index is 12.8. The molecule has 1 aromatic heterocycles. The zero-order valence-corrected chi connectivity index (χ0v) is 18.2. The molecule has 0 aliphatic carbocycles. The zero-order chi connectivity index (χ0) is 22.9. The van der Waals surface area contributed by atoms with Crippen LogP contribution in [0.5, 0.6) is 0 Å². The molecule has 0 N–H and O–H groups in total. The molecule has 12 nitrogen and oxygen atoms in total. The van der Waals surface area contributed by atoms with Gasteiger partial charge < -0.3 is 14.6 Å². The highest BCUT2D eigenvalue weighted by Gasteiger charge is 2.40. The molecule has 32 heavy (non-hydrogen) atoms. The van der Waals surface area contributed by atoms with Gasteiger partial charge in [0.1, 0.15) is 12.4 Å². The van der Waals surface area contributed by atoms with Crippen molar-refractivity contribution in [2.45, 2.75) is 31.6 Å². The van der Waals surface area contributed by atoms with E-state index in [2.05, 4.69) is 4.98 Å². The van der Waals surface area contributed by atoms with Crippen LogP contribution in [0.2, 0.25) is 0 Å². The molecule has 1 amide bonds. The van der Waals surface area contributed by atoms with Gasteiger partial charge in [0.05, 0.1) is 36.4 Å². The van der Waals surface area contributed by atoms with E-state index in [4.69, 9.17) is 8.92 Å². The van der Waals surface area contributed by atoms with Crippen molar-refractivity contribution >= 4 is 21.9 Å². The molecule has 0 bridgehead atoms. The van der Waals surface area contributed by atoms with Crippen molar-refractivity contribution in [2.24, 2.45) is 0 Å². The maximum absolute atomic E-state index is 12.8. The van der Waals surface area contributed by atoms with Crippen LogP contribution in [-0.2, 0) is 32.1 Å². The first-order valence-corrected chi connectivity index (χ1v) is 11.8. The van der Waals surface area contributed by atoms with E-state index in [0.717, 1.165) is 25.0 Å². The summed E-state index contributed by atoms with van der Waals surface area (Å²) >= 11 is 0. The Labute approximate surface area is 184 Å². The van der Waals surface area contributed by atoms with Crippen LogP contribution in [0.25, 0.3) is 0 Å². The number of nitro benzene ring substituents is 1. The Hall–Kier alpha value is -3.19. The number of ether oxygens (including phenoxy) is 1. The second kappa shape index (κ2) is 8.74. The summed E-state index contributed by atoms with van der Waals surface area (Å²) in [6, 6.07) is 5.40. The van der Waals surface area contributed by atoms with Crippen LogP contribution in [0, 0.1) is 10.1 Å². The quantitative estimate of drug-likeness (QED) is 0.333. The van der Waals surface area contributed by atoms with Crippen LogP contribution in [0.15, 0.2) is 36.7 Å². The van der Waals surface area contributed by atoms with E-state index >= 15 is 0 Å². The van der Waals surface area contributed by atoms with E-state index in [9.17, 15) is 23.3 Å². The summed E-state index contributed by atoms with van der Waals surface area (Å²) in [5.41, 5.74) is 0.552. The summed E-state index contributed by atoms with van der Waals surface area (Å²) in [4.78, 5) is 28.9. The second-order valence-electron chi connectivity index (χ2n) is 7.79. The lowest BCUT2D eigenvalue weighted by atomic mass is 10.2. The molecule has 3 heterocycles. The number of rotatable bonds is 7. The third-order valence-corrected chi connectivity index (χ3v) is 6.07. The normalized spacial score (nSPS) is 20.4. The van der Waals surface area contributed by atoms with Gasteiger partial charge in [0.15, 0.2) is 0 Å². The molecule has 2 atom stereocenters. The van der Waals surface area contributed by atoms with Crippen LogP contribution in [0.4, 0.5) is 10.5 Å². The molecule has 0 saturated carbocycles. The molecule has 1 aromatic carbocycles. The van der Waals surface area contributed by atoms with E-state index in [-0.39, 0.29) is 24.9 Å². The monoisotopic (exact) mass is 465 g/mol. The van der Waals surface area contributed by atoms with E-state index in [1.165, 1.54) is 29.2 Å². The number of aromatic nitrogens is 2. The molecular weight excluding hydrogens is 442 g/mol. The second-order valence-corrected chi connectivity index (χ2v) is 9.39. The fourth-order valence-corrected chi connectivity index (χ4v) is 4.69.